The first-order valence-electron chi connectivity index (χ1n) is 11.1. The number of rotatable bonds is 6. The van der Waals surface area contributed by atoms with E-state index in [0.29, 0.717) is 28.3 Å². The molecule has 4 aromatic rings. The number of nitrogens with zero attached hydrogens (tertiary/aromatic N) is 3. The fourth-order valence-electron chi connectivity index (χ4n) is 4.21. The van der Waals surface area contributed by atoms with Gasteiger partial charge in [-0.2, -0.15) is 8.78 Å². The Bertz CT molecular complexity index is 1440. The number of aryl methyl sites for hydroxylation is 1. The lowest BCUT2D eigenvalue weighted by atomic mass is 10.0. The minimum Gasteiger partial charge on any atom is -0.435 e. The van der Waals surface area contributed by atoms with Crippen molar-refractivity contribution in [1.82, 2.24) is 9.55 Å². The molecule has 1 aromatic heterocycles. The van der Waals surface area contributed by atoms with E-state index in [2.05, 4.69) is 9.72 Å². The highest BCUT2D eigenvalue weighted by Crippen LogP contribution is 2.29. The predicted molar refractivity (Wildman–Crippen MR) is 132 cm³/mol. The fourth-order valence-corrected chi connectivity index (χ4v) is 5.10. The van der Waals surface area contributed by atoms with Gasteiger partial charge >= 0.3 is 6.61 Å². The van der Waals surface area contributed by atoms with Crippen molar-refractivity contribution in [3.05, 3.63) is 88.7 Å². The van der Waals surface area contributed by atoms with Gasteiger partial charge < -0.3 is 9.64 Å². The van der Waals surface area contributed by atoms with Gasteiger partial charge in [0, 0.05) is 12.2 Å². The number of benzene rings is 3. The molecule has 0 saturated heterocycles. The van der Waals surface area contributed by atoms with E-state index in [-0.39, 0.29) is 23.0 Å². The first kappa shape index (κ1) is 23.0. The number of thioether (sulfide) groups is 1. The van der Waals surface area contributed by atoms with Gasteiger partial charge in [-0.15, -0.1) is 0 Å². The Hall–Kier alpha value is -3.72. The van der Waals surface area contributed by atoms with Crippen molar-refractivity contribution < 1.29 is 18.3 Å². The molecule has 1 aliphatic heterocycles. The average Bonchev–Trinajstić information content (AvgIpc) is 2.87. The molecule has 0 fully saturated rings. The number of amides is 1. The summed E-state index contributed by atoms with van der Waals surface area (Å²) in [5, 5.41) is 0.760. The summed E-state index contributed by atoms with van der Waals surface area (Å²) in [4.78, 5) is 33.0. The highest BCUT2D eigenvalue weighted by Gasteiger charge is 2.23. The van der Waals surface area contributed by atoms with Gasteiger partial charge in [-0.1, -0.05) is 42.1 Å². The monoisotopic (exact) mass is 493 g/mol. The molecular weight excluding hydrogens is 472 g/mol. The Kier molecular flexibility index (Phi) is 6.50. The maximum absolute atomic E-state index is 13.4. The lowest BCUT2D eigenvalue weighted by Crippen LogP contribution is -2.36. The number of alkyl halides is 2. The molecule has 0 atom stereocenters. The van der Waals surface area contributed by atoms with Crippen LogP contribution < -0.4 is 15.2 Å². The van der Waals surface area contributed by atoms with Crippen molar-refractivity contribution in [2.24, 2.45) is 0 Å². The summed E-state index contributed by atoms with van der Waals surface area (Å²) in [6.07, 6.45) is 1.82. The van der Waals surface area contributed by atoms with Crippen LogP contribution >= 0.6 is 11.8 Å². The number of hydrogen-bond donors (Lipinski definition) is 0. The molecule has 2 heterocycles. The Morgan fingerprint density at radius 2 is 1.77 bits per heavy atom. The molecule has 0 N–H and O–H groups in total. The molecule has 6 nitrogen and oxygen atoms in total. The normalized spacial score (nSPS) is 13.2. The first-order valence-corrected chi connectivity index (χ1v) is 12.1. The number of ether oxygens (including phenoxy) is 1. The second kappa shape index (κ2) is 9.87. The Morgan fingerprint density at radius 3 is 2.57 bits per heavy atom. The molecule has 0 aliphatic carbocycles. The van der Waals surface area contributed by atoms with Gasteiger partial charge in [0.2, 0.25) is 5.91 Å². The minimum atomic E-state index is -2.94. The van der Waals surface area contributed by atoms with Crippen LogP contribution in [-0.4, -0.2) is 34.4 Å². The lowest BCUT2D eigenvalue weighted by molar-refractivity contribution is -0.116. The van der Waals surface area contributed by atoms with Crippen LogP contribution in [-0.2, 0) is 11.2 Å². The Labute approximate surface area is 204 Å². The Morgan fingerprint density at radius 1 is 1.03 bits per heavy atom. The third-order valence-electron chi connectivity index (χ3n) is 5.80. The molecule has 0 bridgehead atoms. The molecule has 0 radical (unpaired) electrons. The molecule has 5 rings (SSSR count). The summed E-state index contributed by atoms with van der Waals surface area (Å²) < 4.78 is 30.9. The zero-order valence-corrected chi connectivity index (χ0v) is 19.4. The van der Waals surface area contributed by atoms with Gasteiger partial charge in [0.25, 0.3) is 5.56 Å². The van der Waals surface area contributed by atoms with Crippen molar-refractivity contribution >= 4 is 34.3 Å². The minimum absolute atomic E-state index is 0.0151. The molecule has 0 spiro atoms. The van der Waals surface area contributed by atoms with E-state index in [1.807, 2.05) is 24.3 Å². The quantitative estimate of drug-likeness (QED) is 0.278. The second-order valence-corrected chi connectivity index (χ2v) is 8.93. The van der Waals surface area contributed by atoms with Crippen LogP contribution in [0.4, 0.5) is 14.5 Å². The SMILES string of the molecule is O=C(CSc1nc2ccccc2c(=O)n1-c1ccc(OC(F)F)cc1)N1CCCc2ccccc21. The number of aromatic nitrogens is 2. The first-order chi connectivity index (χ1) is 17.0. The highest BCUT2D eigenvalue weighted by atomic mass is 32.2. The highest BCUT2D eigenvalue weighted by molar-refractivity contribution is 7.99. The number of fused-ring (bicyclic) bond motifs is 2. The lowest BCUT2D eigenvalue weighted by Gasteiger charge is -2.29. The third kappa shape index (κ3) is 4.77. The van der Waals surface area contributed by atoms with Crippen molar-refractivity contribution in [3.63, 3.8) is 0 Å². The van der Waals surface area contributed by atoms with Gasteiger partial charge in [0.1, 0.15) is 5.75 Å². The number of carbonyl (C=O) groups excluding carboxylic acids is 1. The van der Waals surface area contributed by atoms with Crippen molar-refractivity contribution in [3.8, 4) is 11.4 Å². The summed E-state index contributed by atoms with van der Waals surface area (Å²) >= 11 is 1.17. The van der Waals surface area contributed by atoms with Crippen LogP contribution in [0.25, 0.3) is 16.6 Å². The van der Waals surface area contributed by atoms with Crippen LogP contribution in [0.1, 0.15) is 12.0 Å². The van der Waals surface area contributed by atoms with Crippen LogP contribution in [0, 0.1) is 0 Å². The van der Waals surface area contributed by atoms with Crippen LogP contribution in [0.3, 0.4) is 0 Å². The van der Waals surface area contributed by atoms with E-state index in [1.165, 1.54) is 40.6 Å². The van der Waals surface area contributed by atoms with Crippen LogP contribution in [0.15, 0.2) is 82.7 Å². The van der Waals surface area contributed by atoms with Crippen molar-refractivity contribution in [2.75, 3.05) is 17.2 Å². The number of halogens is 2. The van der Waals surface area contributed by atoms with Crippen molar-refractivity contribution in [2.45, 2.75) is 24.6 Å². The maximum atomic E-state index is 13.4. The zero-order chi connectivity index (χ0) is 24.4. The van der Waals surface area contributed by atoms with E-state index in [9.17, 15) is 18.4 Å². The molecule has 1 aliphatic rings. The van der Waals surface area contributed by atoms with Gasteiger partial charge in [0.05, 0.1) is 22.3 Å². The largest absolute Gasteiger partial charge is 0.435 e. The molecule has 178 valence electrons. The molecule has 3 aromatic carbocycles. The molecule has 0 unspecified atom stereocenters. The Balaban J connectivity index is 1.48. The van der Waals surface area contributed by atoms with Gasteiger partial charge in [-0.25, -0.2) is 4.98 Å². The zero-order valence-electron chi connectivity index (χ0n) is 18.6. The van der Waals surface area contributed by atoms with E-state index in [0.717, 1.165) is 24.1 Å². The second-order valence-electron chi connectivity index (χ2n) is 7.99. The summed E-state index contributed by atoms with van der Waals surface area (Å²) in [5.41, 5.74) is 2.71. The molecule has 0 saturated carbocycles. The summed E-state index contributed by atoms with van der Waals surface area (Å²) in [6, 6.07) is 20.6. The number of para-hydroxylation sites is 2. The number of carbonyl (C=O) groups is 1. The van der Waals surface area contributed by atoms with E-state index < -0.39 is 6.61 Å². The summed E-state index contributed by atoms with van der Waals surface area (Å²) in [5.74, 6) is 0.00146. The smallest absolute Gasteiger partial charge is 0.387 e. The summed E-state index contributed by atoms with van der Waals surface area (Å²) in [7, 11) is 0. The number of anilines is 1. The third-order valence-corrected chi connectivity index (χ3v) is 6.72. The van der Waals surface area contributed by atoms with E-state index in [1.54, 1.807) is 29.2 Å². The predicted octanol–water partition coefficient (Wildman–Crippen LogP) is 5.06. The molecular formula is C26H21F2N3O3S. The average molecular weight is 494 g/mol. The fraction of sp³-hybridized carbons (Fsp3) is 0.192. The topological polar surface area (TPSA) is 64.4 Å². The van der Waals surface area contributed by atoms with Crippen LogP contribution in [0.5, 0.6) is 5.75 Å². The van der Waals surface area contributed by atoms with Gasteiger partial charge in [-0.05, 0) is 60.9 Å². The van der Waals surface area contributed by atoms with Crippen molar-refractivity contribution in [1.29, 1.82) is 0 Å². The maximum Gasteiger partial charge on any atom is 0.387 e. The molecule has 35 heavy (non-hydrogen) atoms. The van der Waals surface area contributed by atoms with Gasteiger partial charge in [-0.3, -0.25) is 14.2 Å². The van der Waals surface area contributed by atoms with Crippen LogP contribution in [0.2, 0.25) is 0 Å². The van der Waals surface area contributed by atoms with E-state index in [4.69, 9.17) is 0 Å². The molecule has 9 heteroatoms. The number of hydrogen-bond acceptors (Lipinski definition) is 5. The van der Waals surface area contributed by atoms with E-state index >= 15 is 0 Å². The standard InChI is InChI=1S/C26H21F2N3O3S/c27-25(28)34-19-13-11-18(12-14-19)31-24(33)20-8-2-3-9-21(20)29-26(31)35-16-23(32)30-15-5-7-17-6-1-4-10-22(17)30/h1-4,6,8-14,25H,5,7,15-16H2. The summed E-state index contributed by atoms with van der Waals surface area (Å²) in [6.45, 7) is -2.30. The van der Waals surface area contributed by atoms with Gasteiger partial charge in [0.15, 0.2) is 5.16 Å². The molecule has 1 amide bonds.